The number of halogens is 1. The second-order valence-electron chi connectivity index (χ2n) is 2.05. The summed E-state index contributed by atoms with van der Waals surface area (Å²) in [4.78, 5) is 3.85. The van der Waals surface area contributed by atoms with E-state index in [0.29, 0.717) is 5.69 Å². The van der Waals surface area contributed by atoms with Crippen molar-refractivity contribution in [2.75, 3.05) is 5.73 Å². The highest BCUT2D eigenvalue weighted by atomic mass is 35.5. The van der Waals surface area contributed by atoms with E-state index in [9.17, 15) is 0 Å². The molecule has 2 N–H and O–H groups in total. The molecule has 0 aliphatic rings. The van der Waals surface area contributed by atoms with Crippen LogP contribution in [0.1, 0.15) is 11.1 Å². The van der Waals surface area contributed by atoms with Crippen molar-refractivity contribution in [2.45, 2.75) is 6.92 Å². The quantitative estimate of drug-likeness (QED) is 0.595. The van der Waals surface area contributed by atoms with Crippen molar-refractivity contribution in [2.24, 2.45) is 0 Å². The molecule has 0 fully saturated rings. The normalized spacial score (nSPS) is 8.00. The summed E-state index contributed by atoms with van der Waals surface area (Å²) in [5.74, 6) is 2.49. The van der Waals surface area contributed by atoms with Crippen molar-refractivity contribution in [3.05, 3.63) is 23.5 Å². The lowest BCUT2D eigenvalue weighted by atomic mass is 10.1. The zero-order valence-corrected chi connectivity index (χ0v) is 6.98. The molecule has 1 heterocycles. The number of pyridine rings is 1. The molecule has 1 aromatic heterocycles. The molecular formula is C8H9ClN2. The highest BCUT2D eigenvalue weighted by Crippen LogP contribution is 2.11. The summed E-state index contributed by atoms with van der Waals surface area (Å²) >= 11 is 0. The molecule has 0 spiro atoms. The van der Waals surface area contributed by atoms with E-state index in [1.165, 1.54) is 0 Å². The minimum absolute atomic E-state index is 0. The van der Waals surface area contributed by atoms with Gasteiger partial charge in [-0.2, -0.15) is 0 Å². The van der Waals surface area contributed by atoms with Gasteiger partial charge in [0.25, 0.3) is 0 Å². The van der Waals surface area contributed by atoms with Crippen molar-refractivity contribution < 1.29 is 0 Å². The lowest BCUT2D eigenvalue weighted by Crippen LogP contribution is -1.93. The molecule has 0 aromatic carbocycles. The Bertz CT molecular complexity index is 289. The largest absolute Gasteiger partial charge is 0.397 e. The number of rotatable bonds is 0. The second kappa shape index (κ2) is 3.85. The van der Waals surface area contributed by atoms with Crippen LogP contribution >= 0.6 is 12.4 Å². The van der Waals surface area contributed by atoms with Crippen molar-refractivity contribution in [3.63, 3.8) is 0 Å². The van der Waals surface area contributed by atoms with Crippen LogP contribution in [0, 0.1) is 19.3 Å². The first-order valence-corrected chi connectivity index (χ1v) is 2.92. The van der Waals surface area contributed by atoms with Gasteiger partial charge in [0.05, 0.1) is 11.9 Å². The van der Waals surface area contributed by atoms with Gasteiger partial charge in [-0.1, -0.05) is 5.92 Å². The molecule has 3 heteroatoms. The molecule has 0 aliphatic carbocycles. The van der Waals surface area contributed by atoms with E-state index in [4.69, 9.17) is 12.2 Å². The van der Waals surface area contributed by atoms with E-state index in [2.05, 4.69) is 10.9 Å². The number of terminal acetylenes is 1. The summed E-state index contributed by atoms with van der Waals surface area (Å²) in [6, 6.07) is 0. The maximum atomic E-state index is 5.54. The lowest BCUT2D eigenvalue weighted by Gasteiger charge is -1.99. The lowest BCUT2D eigenvalue weighted by molar-refractivity contribution is 1.27. The minimum atomic E-state index is 0. The van der Waals surface area contributed by atoms with Crippen LogP contribution in [0.5, 0.6) is 0 Å². The highest BCUT2D eigenvalue weighted by Gasteiger charge is 1.96. The molecule has 1 rings (SSSR count). The van der Waals surface area contributed by atoms with Crippen LogP contribution in [0.15, 0.2) is 12.4 Å². The third kappa shape index (κ3) is 1.86. The molecule has 0 unspecified atom stereocenters. The Kier molecular flexibility index (Phi) is 3.43. The average Bonchev–Trinajstić information content (AvgIpc) is 1.95. The maximum Gasteiger partial charge on any atom is 0.0542 e. The number of nitrogens with two attached hydrogens (primary N) is 1. The molecular weight excluding hydrogens is 160 g/mol. The molecule has 2 nitrogen and oxygen atoms in total. The van der Waals surface area contributed by atoms with Crippen LogP contribution in [0.2, 0.25) is 0 Å². The van der Waals surface area contributed by atoms with E-state index >= 15 is 0 Å². The Labute approximate surface area is 72.2 Å². The Morgan fingerprint density at radius 3 is 2.64 bits per heavy atom. The van der Waals surface area contributed by atoms with E-state index < -0.39 is 0 Å². The Balaban J connectivity index is 0.000001000. The first-order chi connectivity index (χ1) is 4.75. The summed E-state index contributed by atoms with van der Waals surface area (Å²) in [6.07, 6.45) is 8.40. The Morgan fingerprint density at radius 1 is 1.55 bits per heavy atom. The van der Waals surface area contributed by atoms with Gasteiger partial charge in [0.1, 0.15) is 0 Å². The van der Waals surface area contributed by atoms with Gasteiger partial charge < -0.3 is 5.73 Å². The Hall–Kier alpha value is -1.20. The number of hydrogen-bond acceptors (Lipinski definition) is 2. The van der Waals surface area contributed by atoms with Gasteiger partial charge >= 0.3 is 0 Å². The molecule has 58 valence electrons. The van der Waals surface area contributed by atoms with Crippen LogP contribution in [0.4, 0.5) is 5.69 Å². The summed E-state index contributed by atoms with van der Waals surface area (Å²) in [5, 5.41) is 0. The van der Waals surface area contributed by atoms with Crippen molar-refractivity contribution in [1.82, 2.24) is 4.98 Å². The van der Waals surface area contributed by atoms with Gasteiger partial charge in [-0.15, -0.1) is 18.8 Å². The van der Waals surface area contributed by atoms with Gasteiger partial charge in [0, 0.05) is 11.8 Å². The molecule has 0 amide bonds. The zero-order chi connectivity index (χ0) is 7.56. The molecule has 0 bridgehead atoms. The summed E-state index contributed by atoms with van der Waals surface area (Å²) < 4.78 is 0. The predicted octanol–water partition coefficient (Wildman–Crippen LogP) is 1.38. The molecule has 0 saturated carbocycles. The van der Waals surface area contributed by atoms with Crippen molar-refractivity contribution in [1.29, 1.82) is 0 Å². The van der Waals surface area contributed by atoms with E-state index in [1.807, 2.05) is 6.92 Å². The number of nitrogens with zero attached hydrogens (tertiary/aromatic N) is 1. The van der Waals surface area contributed by atoms with Gasteiger partial charge in [-0.3, -0.25) is 4.98 Å². The van der Waals surface area contributed by atoms with Gasteiger partial charge in [-0.05, 0) is 12.5 Å². The topological polar surface area (TPSA) is 38.9 Å². The Morgan fingerprint density at radius 2 is 2.18 bits per heavy atom. The predicted molar refractivity (Wildman–Crippen MR) is 48.6 cm³/mol. The minimum Gasteiger partial charge on any atom is -0.397 e. The molecule has 0 atom stereocenters. The maximum absolute atomic E-state index is 5.54. The fourth-order valence-corrected chi connectivity index (χ4v) is 0.687. The SMILES string of the molecule is C#Cc1cncc(N)c1C.Cl. The first kappa shape index (κ1) is 9.80. The molecule has 0 saturated heterocycles. The number of aromatic nitrogens is 1. The summed E-state index contributed by atoms with van der Waals surface area (Å²) in [6.45, 7) is 1.88. The van der Waals surface area contributed by atoms with Gasteiger partial charge in [-0.25, -0.2) is 0 Å². The van der Waals surface area contributed by atoms with Gasteiger partial charge in [0.2, 0.25) is 0 Å². The third-order valence-corrected chi connectivity index (χ3v) is 1.41. The number of nitrogen functional groups attached to an aromatic ring is 1. The molecule has 0 radical (unpaired) electrons. The first-order valence-electron chi connectivity index (χ1n) is 2.92. The van der Waals surface area contributed by atoms with Crippen molar-refractivity contribution in [3.8, 4) is 12.3 Å². The summed E-state index contributed by atoms with van der Waals surface area (Å²) in [7, 11) is 0. The zero-order valence-electron chi connectivity index (χ0n) is 6.16. The van der Waals surface area contributed by atoms with Crippen molar-refractivity contribution >= 4 is 18.1 Å². The van der Waals surface area contributed by atoms with E-state index in [0.717, 1.165) is 11.1 Å². The fourth-order valence-electron chi connectivity index (χ4n) is 0.687. The fraction of sp³-hybridized carbons (Fsp3) is 0.125. The average molecular weight is 169 g/mol. The second-order valence-corrected chi connectivity index (χ2v) is 2.05. The van der Waals surface area contributed by atoms with Crippen LogP contribution in [-0.2, 0) is 0 Å². The smallest absolute Gasteiger partial charge is 0.0542 e. The van der Waals surface area contributed by atoms with Gasteiger partial charge in [0.15, 0.2) is 0 Å². The standard InChI is InChI=1S/C8H8N2.ClH/c1-3-7-4-10-5-8(9)6(7)2;/h1,4-5H,9H2,2H3;1H. The molecule has 1 aromatic rings. The van der Waals surface area contributed by atoms with Crippen LogP contribution in [-0.4, -0.2) is 4.98 Å². The van der Waals surface area contributed by atoms with E-state index in [-0.39, 0.29) is 12.4 Å². The highest BCUT2D eigenvalue weighted by molar-refractivity contribution is 5.85. The van der Waals surface area contributed by atoms with Crippen LogP contribution in [0.25, 0.3) is 0 Å². The van der Waals surface area contributed by atoms with Crippen LogP contribution in [0.3, 0.4) is 0 Å². The van der Waals surface area contributed by atoms with E-state index in [1.54, 1.807) is 12.4 Å². The number of anilines is 1. The molecule has 11 heavy (non-hydrogen) atoms. The molecule has 0 aliphatic heterocycles. The number of hydrogen-bond donors (Lipinski definition) is 1. The summed E-state index contributed by atoms with van der Waals surface area (Å²) in [5.41, 5.74) is 7.88. The third-order valence-electron chi connectivity index (χ3n) is 1.41. The monoisotopic (exact) mass is 168 g/mol. The van der Waals surface area contributed by atoms with Crippen LogP contribution < -0.4 is 5.73 Å².